The van der Waals surface area contributed by atoms with Gasteiger partial charge in [-0.2, -0.15) is 0 Å². The molecule has 1 unspecified atom stereocenters. The van der Waals surface area contributed by atoms with Crippen LogP contribution in [0.5, 0.6) is 5.75 Å². The van der Waals surface area contributed by atoms with Crippen molar-refractivity contribution >= 4 is 23.3 Å². The molecule has 0 aliphatic carbocycles. The van der Waals surface area contributed by atoms with Crippen LogP contribution in [0.4, 0.5) is 16.2 Å². The van der Waals surface area contributed by atoms with E-state index in [1.54, 1.807) is 12.0 Å². The number of nitrogens with one attached hydrogen (secondary N) is 1. The van der Waals surface area contributed by atoms with Gasteiger partial charge >= 0.3 is 6.03 Å². The van der Waals surface area contributed by atoms with Crippen LogP contribution in [0.2, 0.25) is 0 Å². The molecular weight excluding hydrogens is 438 g/mol. The Balaban J connectivity index is 1.56. The minimum absolute atomic E-state index is 0.0616. The number of carbonyl (C=O) groups excluding carboxylic acids is 2. The van der Waals surface area contributed by atoms with E-state index in [1.165, 1.54) is 0 Å². The third-order valence-electron chi connectivity index (χ3n) is 6.45. The fourth-order valence-electron chi connectivity index (χ4n) is 4.61. The van der Waals surface area contributed by atoms with Crippen molar-refractivity contribution in [3.63, 3.8) is 0 Å². The van der Waals surface area contributed by atoms with Gasteiger partial charge in [0.25, 0.3) is 0 Å². The van der Waals surface area contributed by atoms with Crippen LogP contribution in [-0.2, 0) is 11.3 Å². The summed E-state index contributed by atoms with van der Waals surface area (Å²) in [7, 11) is 1.64. The van der Waals surface area contributed by atoms with E-state index in [2.05, 4.69) is 5.32 Å². The van der Waals surface area contributed by atoms with Crippen molar-refractivity contribution in [2.75, 3.05) is 30.4 Å². The van der Waals surface area contributed by atoms with Crippen LogP contribution in [0.15, 0.2) is 72.8 Å². The number of rotatable bonds is 8. The highest BCUT2D eigenvalue weighted by atomic mass is 16.5. The van der Waals surface area contributed by atoms with E-state index < -0.39 is 0 Å². The topological polar surface area (TPSA) is 61.9 Å². The van der Waals surface area contributed by atoms with Crippen molar-refractivity contribution in [1.29, 1.82) is 0 Å². The maximum Gasteiger partial charge on any atom is 0.324 e. The first-order chi connectivity index (χ1) is 17.0. The van der Waals surface area contributed by atoms with Crippen LogP contribution in [0, 0.1) is 6.92 Å². The number of amides is 3. The zero-order valence-corrected chi connectivity index (χ0v) is 20.7. The number of urea groups is 1. The van der Waals surface area contributed by atoms with Gasteiger partial charge in [0, 0.05) is 19.6 Å². The number of anilines is 2. The molecule has 1 heterocycles. The molecule has 6 nitrogen and oxygen atoms in total. The second kappa shape index (κ2) is 11.1. The number of aryl methyl sites for hydroxylation is 1. The van der Waals surface area contributed by atoms with E-state index in [0.29, 0.717) is 31.7 Å². The predicted octanol–water partition coefficient (Wildman–Crippen LogP) is 5.97. The van der Waals surface area contributed by atoms with Gasteiger partial charge in [-0.15, -0.1) is 0 Å². The summed E-state index contributed by atoms with van der Waals surface area (Å²) >= 11 is 0. The van der Waals surface area contributed by atoms with Crippen LogP contribution in [0.1, 0.15) is 42.4 Å². The second-order valence-corrected chi connectivity index (χ2v) is 8.94. The molecule has 1 N–H and O–H groups in total. The molecule has 1 aliphatic rings. The van der Waals surface area contributed by atoms with E-state index in [-0.39, 0.29) is 17.9 Å². The minimum atomic E-state index is -0.258. The Morgan fingerprint density at radius 1 is 1.03 bits per heavy atom. The van der Waals surface area contributed by atoms with Gasteiger partial charge < -0.3 is 15.0 Å². The molecule has 1 saturated heterocycles. The van der Waals surface area contributed by atoms with E-state index in [1.807, 2.05) is 91.5 Å². The van der Waals surface area contributed by atoms with Crippen molar-refractivity contribution < 1.29 is 14.3 Å². The summed E-state index contributed by atoms with van der Waals surface area (Å²) < 4.78 is 5.33. The third-order valence-corrected chi connectivity index (χ3v) is 6.45. The smallest absolute Gasteiger partial charge is 0.324 e. The molecule has 3 amide bonds. The lowest BCUT2D eigenvalue weighted by molar-refractivity contribution is -0.117. The molecular formula is C29H33N3O3. The van der Waals surface area contributed by atoms with Crippen molar-refractivity contribution in [2.24, 2.45) is 0 Å². The zero-order chi connectivity index (χ0) is 24.8. The van der Waals surface area contributed by atoms with Crippen LogP contribution in [-0.4, -0.2) is 37.0 Å². The molecule has 3 aromatic carbocycles. The Morgan fingerprint density at radius 3 is 2.57 bits per heavy atom. The van der Waals surface area contributed by atoms with Crippen LogP contribution in [0.25, 0.3) is 0 Å². The first-order valence-electron chi connectivity index (χ1n) is 12.2. The highest BCUT2D eigenvalue weighted by Gasteiger charge is 2.29. The predicted molar refractivity (Wildman–Crippen MR) is 140 cm³/mol. The lowest BCUT2D eigenvalue weighted by Gasteiger charge is -2.36. The van der Waals surface area contributed by atoms with Gasteiger partial charge in [-0.1, -0.05) is 55.5 Å². The molecule has 0 aromatic heterocycles. The molecule has 1 atom stereocenters. The fourth-order valence-corrected chi connectivity index (χ4v) is 4.61. The summed E-state index contributed by atoms with van der Waals surface area (Å²) in [5, 5.41) is 3.13. The number of carbonyl (C=O) groups is 2. The summed E-state index contributed by atoms with van der Waals surface area (Å²) in [5.41, 5.74) is 4.42. The Hall–Kier alpha value is -3.80. The Kier molecular flexibility index (Phi) is 7.70. The van der Waals surface area contributed by atoms with Crippen molar-refractivity contribution in [2.45, 2.75) is 39.2 Å². The number of hydrogen-bond donors (Lipinski definition) is 1. The SMILES string of the molecule is CCC(C(=O)Nc1cc(C)ccc1N1CCCN(Cc2cccc(OC)c2)C1=O)c1ccccc1. The fraction of sp³-hybridized carbons (Fsp3) is 0.310. The molecule has 182 valence electrons. The molecule has 0 bridgehead atoms. The standard InChI is InChI=1S/C29H33N3O3/c1-4-25(23-11-6-5-7-12-23)28(33)30-26-18-21(2)14-15-27(26)32-17-9-16-31(29(32)34)20-22-10-8-13-24(19-22)35-3/h5-8,10-15,18-19,25H,4,9,16-17,20H2,1-3H3,(H,30,33). The van der Waals surface area contributed by atoms with Gasteiger partial charge in [0.15, 0.2) is 0 Å². The van der Waals surface area contributed by atoms with Gasteiger partial charge in [-0.3, -0.25) is 9.69 Å². The molecule has 6 heteroatoms. The molecule has 1 fully saturated rings. The maximum absolute atomic E-state index is 13.5. The lowest BCUT2D eigenvalue weighted by atomic mass is 9.95. The normalized spacial score (nSPS) is 14.5. The van der Waals surface area contributed by atoms with Crippen molar-refractivity contribution in [1.82, 2.24) is 4.90 Å². The Bertz CT molecular complexity index is 1180. The molecule has 4 rings (SSSR count). The number of methoxy groups -OCH3 is 1. The summed E-state index contributed by atoms with van der Waals surface area (Å²) in [6, 6.07) is 23.4. The van der Waals surface area contributed by atoms with Crippen LogP contribution >= 0.6 is 0 Å². The Labute approximate surface area is 207 Å². The van der Waals surface area contributed by atoms with E-state index in [4.69, 9.17) is 4.74 Å². The Morgan fingerprint density at radius 2 is 1.83 bits per heavy atom. The number of benzene rings is 3. The van der Waals surface area contributed by atoms with Crippen molar-refractivity contribution in [3.05, 3.63) is 89.5 Å². The second-order valence-electron chi connectivity index (χ2n) is 8.94. The quantitative estimate of drug-likeness (QED) is 0.440. The number of ether oxygens (including phenoxy) is 1. The molecule has 35 heavy (non-hydrogen) atoms. The van der Waals surface area contributed by atoms with E-state index in [9.17, 15) is 9.59 Å². The lowest BCUT2D eigenvalue weighted by Crippen LogP contribution is -2.49. The summed E-state index contributed by atoms with van der Waals surface area (Å²) in [6.45, 7) is 5.80. The number of nitrogens with zero attached hydrogens (tertiary/aromatic N) is 2. The van der Waals surface area contributed by atoms with Crippen LogP contribution in [0.3, 0.4) is 0 Å². The van der Waals surface area contributed by atoms with Gasteiger partial charge in [-0.25, -0.2) is 4.79 Å². The molecule has 0 saturated carbocycles. The first kappa shape index (κ1) is 24.3. The molecule has 3 aromatic rings. The van der Waals surface area contributed by atoms with Gasteiger partial charge in [-0.05, 0) is 60.7 Å². The van der Waals surface area contributed by atoms with E-state index in [0.717, 1.165) is 34.5 Å². The zero-order valence-electron chi connectivity index (χ0n) is 20.7. The minimum Gasteiger partial charge on any atom is -0.497 e. The van der Waals surface area contributed by atoms with Gasteiger partial charge in [0.05, 0.1) is 24.4 Å². The third kappa shape index (κ3) is 5.65. The molecule has 0 spiro atoms. The average molecular weight is 472 g/mol. The molecule has 1 aliphatic heterocycles. The summed E-state index contributed by atoms with van der Waals surface area (Å²) in [4.78, 5) is 30.5. The monoisotopic (exact) mass is 471 g/mol. The van der Waals surface area contributed by atoms with Crippen LogP contribution < -0.4 is 15.0 Å². The van der Waals surface area contributed by atoms with Gasteiger partial charge in [0.1, 0.15) is 5.75 Å². The van der Waals surface area contributed by atoms with E-state index >= 15 is 0 Å². The first-order valence-corrected chi connectivity index (χ1v) is 12.2. The summed E-state index contributed by atoms with van der Waals surface area (Å²) in [6.07, 6.45) is 1.53. The van der Waals surface area contributed by atoms with Gasteiger partial charge in [0.2, 0.25) is 5.91 Å². The average Bonchev–Trinajstić information content (AvgIpc) is 2.87. The highest BCUT2D eigenvalue weighted by molar-refractivity contribution is 6.02. The molecule has 0 radical (unpaired) electrons. The van der Waals surface area contributed by atoms with Crippen molar-refractivity contribution in [3.8, 4) is 5.75 Å². The highest BCUT2D eigenvalue weighted by Crippen LogP contribution is 2.32. The largest absolute Gasteiger partial charge is 0.497 e. The maximum atomic E-state index is 13.5. The number of hydrogen-bond acceptors (Lipinski definition) is 3. The summed E-state index contributed by atoms with van der Waals surface area (Å²) in [5.74, 6) is 0.450.